The SMILES string of the molecule is N=C(/N=C(\Nn1c2ccccc2c2cc3c(cc21)c1ccccc1n3-c1cccc(-c2cccc(-c3ccc(-c4ccccc4)cc3)n2)c1)c1ccccc1)c1ccccc1. The first kappa shape index (κ1) is 35.8. The second-order valence-corrected chi connectivity index (χ2v) is 15.1. The van der Waals surface area contributed by atoms with Crippen molar-refractivity contribution in [2.24, 2.45) is 4.99 Å². The van der Waals surface area contributed by atoms with Crippen molar-refractivity contribution in [2.45, 2.75) is 0 Å². The first-order valence-electron chi connectivity index (χ1n) is 20.4. The summed E-state index contributed by atoms with van der Waals surface area (Å²) in [7, 11) is 0. The molecule has 0 aliphatic heterocycles. The predicted molar refractivity (Wildman–Crippen MR) is 253 cm³/mol. The topological polar surface area (TPSA) is 71.0 Å². The van der Waals surface area contributed by atoms with E-state index >= 15 is 0 Å². The molecule has 61 heavy (non-hydrogen) atoms. The summed E-state index contributed by atoms with van der Waals surface area (Å²) in [4.78, 5) is 10.1. The third-order valence-electron chi connectivity index (χ3n) is 11.4. The third kappa shape index (κ3) is 6.53. The van der Waals surface area contributed by atoms with E-state index < -0.39 is 0 Å². The summed E-state index contributed by atoms with van der Waals surface area (Å²) in [6.07, 6.45) is 0. The van der Waals surface area contributed by atoms with Crippen molar-refractivity contribution >= 4 is 55.3 Å². The molecule has 0 aliphatic rings. The molecule has 0 spiro atoms. The van der Waals surface area contributed by atoms with E-state index in [1.165, 1.54) is 11.1 Å². The van der Waals surface area contributed by atoms with Crippen LogP contribution in [0, 0.1) is 5.41 Å². The van der Waals surface area contributed by atoms with E-state index in [0.29, 0.717) is 5.84 Å². The summed E-state index contributed by atoms with van der Waals surface area (Å²) in [5.41, 5.74) is 17.0. The van der Waals surface area contributed by atoms with Crippen molar-refractivity contribution in [1.29, 1.82) is 5.41 Å². The van der Waals surface area contributed by atoms with Crippen LogP contribution in [0.5, 0.6) is 0 Å². The zero-order valence-corrected chi connectivity index (χ0v) is 33.1. The molecule has 0 unspecified atom stereocenters. The predicted octanol–water partition coefficient (Wildman–Crippen LogP) is 13.3. The van der Waals surface area contributed by atoms with E-state index in [9.17, 15) is 0 Å². The van der Waals surface area contributed by atoms with Gasteiger partial charge in [-0.05, 0) is 59.7 Å². The van der Waals surface area contributed by atoms with Crippen molar-refractivity contribution in [3.05, 3.63) is 230 Å². The van der Waals surface area contributed by atoms with E-state index in [0.717, 1.165) is 82.9 Å². The van der Waals surface area contributed by atoms with Crippen LogP contribution in [0.3, 0.4) is 0 Å². The van der Waals surface area contributed by atoms with Crippen molar-refractivity contribution in [1.82, 2.24) is 14.2 Å². The number of nitrogens with zero attached hydrogens (tertiary/aromatic N) is 4. The first-order chi connectivity index (χ1) is 30.2. The summed E-state index contributed by atoms with van der Waals surface area (Å²) < 4.78 is 4.49. The van der Waals surface area contributed by atoms with Gasteiger partial charge in [-0.3, -0.25) is 15.5 Å². The summed E-state index contributed by atoms with van der Waals surface area (Å²) in [5.74, 6) is 0.762. The number of para-hydroxylation sites is 2. The highest BCUT2D eigenvalue weighted by Crippen LogP contribution is 2.39. The zero-order valence-electron chi connectivity index (χ0n) is 33.1. The van der Waals surface area contributed by atoms with Gasteiger partial charge in [0.1, 0.15) is 0 Å². The maximum absolute atomic E-state index is 8.96. The van der Waals surface area contributed by atoms with Gasteiger partial charge in [0.15, 0.2) is 11.7 Å². The Balaban J connectivity index is 1.03. The van der Waals surface area contributed by atoms with Crippen LogP contribution < -0.4 is 5.43 Å². The zero-order chi connectivity index (χ0) is 40.7. The molecule has 0 saturated heterocycles. The van der Waals surface area contributed by atoms with Crippen LogP contribution in [0.4, 0.5) is 0 Å². The number of benzene rings is 8. The molecule has 288 valence electrons. The van der Waals surface area contributed by atoms with Gasteiger partial charge in [-0.25, -0.2) is 9.98 Å². The number of amidine groups is 2. The molecule has 8 aromatic carbocycles. The number of hydrogen-bond acceptors (Lipinski definition) is 2. The molecule has 11 rings (SSSR count). The second-order valence-electron chi connectivity index (χ2n) is 15.1. The first-order valence-corrected chi connectivity index (χ1v) is 20.4. The lowest BCUT2D eigenvalue weighted by Gasteiger charge is -2.15. The maximum atomic E-state index is 8.96. The lowest BCUT2D eigenvalue weighted by molar-refractivity contribution is 1.08. The minimum absolute atomic E-state index is 0.180. The molecule has 0 radical (unpaired) electrons. The molecule has 0 amide bonds. The summed E-state index contributed by atoms with van der Waals surface area (Å²) in [5, 5.41) is 13.5. The average Bonchev–Trinajstić information content (AvgIpc) is 3.83. The van der Waals surface area contributed by atoms with Gasteiger partial charge >= 0.3 is 0 Å². The van der Waals surface area contributed by atoms with E-state index in [4.69, 9.17) is 15.4 Å². The summed E-state index contributed by atoms with van der Waals surface area (Å²) >= 11 is 0. The van der Waals surface area contributed by atoms with Gasteiger partial charge in [0, 0.05) is 49.5 Å². The molecule has 0 aliphatic carbocycles. The average molecular weight is 783 g/mol. The van der Waals surface area contributed by atoms with Gasteiger partial charge < -0.3 is 4.57 Å². The Morgan fingerprint density at radius 3 is 1.67 bits per heavy atom. The van der Waals surface area contributed by atoms with Gasteiger partial charge in [-0.15, -0.1) is 0 Å². The Kier molecular flexibility index (Phi) is 8.86. The van der Waals surface area contributed by atoms with Crippen molar-refractivity contribution < 1.29 is 0 Å². The Morgan fingerprint density at radius 1 is 0.410 bits per heavy atom. The van der Waals surface area contributed by atoms with E-state index in [1.54, 1.807) is 0 Å². The molecule has 11 aromatic rings. The van der Waals surface area contributed by atoms with E-state index in [-0.39, 0.29) is 5.84 Å². The fourth-order valence-electron chi connectivity index (χ4n) is 8.48. The van der Waals surface area contributed by atoms with Gasteiger partial charge in [0.25, 0.3) is 0 Å². The van der Waals surface area contributed by atoms with Crippen molar-refractivity contribution in [3.8, 4) is 39.3 Å². The minimum Gasteiger partial charge on any atom is -0.309 e. The highest BCUT2D eigenvalue weighted by atomic mass is 15.4. The second kappa shape index (κ2) is 15.1. The number of aliphatic imine (C=N–C) groups is 1. The third-order valence-corrected chi connectivity index (χ3v) is 11.4. The number of fused-ring (bicyclic) bond motifs is 6. The van der Waals surface area contributed by atoms with Crippen LogP contribution in [-0.2, 0) is 0 Å². The van der Waals surface area contributed by atoms with Crippen molar-refractivity contribution in [3.63, 3.8) is 0 Å². The maximum Gasteiger partial charge on any atom is 0.154 e. The minimum atomic E-state index is 0.180. The van der Waals surface area contributed by atoms with Crippen LogP contribution in [-0.4, -0.2) is 25.9 Å². The molecular formula is C55H38N6. The van der Waals surface area contributed by atoms with E-state index in [1.807, 2.05) is 66.7 Å². The summed E-state index contributed by atoms with van der Waals surface area (Å²) in [6, 6.07) is 75.4. The molecule has 0 fully saturated rings. The number of nitrogens with one attached hydrogen (secondary N) is 2. The quantitative estimate of drug-likeness (QED) is 0.125. The Hall–Kier alpha value is -8.35. The van der Waals surface area contributed by atoms with Gasteiger partial charge in [-0.2, -0.15) is 0 Å². The molecule has 0 bridgehead atoms. The Bertz CT molecular complexity index is 3440. The smallest absolute Gasteiger partial charge is 0.154 e. The largest absolute Gasteiger partial charge is 0.309 e. The number of hydrogen-bond donors (Lipinski definition) is 2. The normalized spacial score (nSPS) is 11.8. The van der Waals surface area contributed by atoms with E-state index in [2.05, 4.69) is 166 Å². The van der Waals surface area contributed by atoms with Crippen LogP contribution in [0.15, 0.2) is 223 Å². The van der Waals surface area contributed by atoms with Crippen LogP contribution in [0.1, 0.15) is 11.1 Å². The number of aromatic nitrogens is 3. The van der Waals surface area contributed by atoms with Gasteiger partial charge in [0.2, 0.25) is 0 Å². The molecule has 3 heterocycles. The lowest BCUT2D eigenvalue weighted by atomic mass is 10.0. The molecular weight excluding hydrogens is 745 g/mol. The lowest BCUT2D eigenvalue weighted by Crippen LogP contribution is -2.25. The number of rotatable bonds is 7. The van der Waals surface area contributed by atoms with Crippen LogP contribution >= 0.6 is 0 Å². The number of pyridine rings is 1. The molecule has 3 aromatic heterocycles. The Labute approximate surface area is 352 Å². The highest BCUT2D eigenvalue weighted by molar-refractivity contribution is 6.20. The Morgan fingerprint density at radius 2 is 0.934 bits per heavy atom. The standard InChI is InChI=1S/C55H38N6/c56-54(40-18-6-2-7-19-40)58-55(41-20-8-3-9-21-41)59-61-51-29-13-11-25-45(51)47-35-52-46(36-53(47)61)44-24-10-12-28-50(44)60(52)43-23-14-22-42(34-43)49-27-15-26-48(57-49)39-32-30-38(31-33-39)37-16-4-1-5-17-37/h1-36H,(H2,56,58,59). The molecule has 2 N–H and O–H groups in total. The van der Waals surface area contributed by atoms with Crippen LogP contribution in [0.2, 0.25) is 0 Å². The molecule has 0 saturated carbocycles. The molecule has 0 atom stereocenters. The fraction of sp³-hybridized carbons (Fsp3) is 0. The van der Waals surface area contributed by atoms with Crippen LogP contribution in [0.25, 0.3) is 82.9 Å². The fourth-order valence-corrected chi connectivity index (χ4v) is 8.48. The summed E-state index contributed by atoms with van der Waals surface area (Å²) in [6.45, 7) is 0. The molecule has 6 heteroatoms. The highest BCUT2D eigenvalue weighted by Gasteiger charge is 2.19. The molecule has 6 nitrogen and oxygen atoms in total. The van der Waals surface area contributed by atoms with Crippen molar-refractivity contribution in [2.75, 3.05) is 5.43 Å². The van der Waals surface area contributed by atoms with Gasteiger partial charge in [0.05, 0.1) is 33.5 Å². The monoisotopic (exact) mass is 782 g/mol. The van der Waals surface area contributed by atoms with Gasteiger partial charge in [-0.1, -0.05) is 170 Å².